The standard InChI is InChI=1S/C11H22N2O2S/c1-3-16(15)7-6-12-11(14)10-5-4-9(2)13-8-10/h9-10,13H,3-8H2,1-2H3,(H,12,14). The molecule has 0 spiro atoms. The third kappa shape index (κ3) is 4.61. The number of nitrogens with one attached hydrogen (secondary N) is 2. The van der Waals surface area contributed by atoms with E-state index in [9.17, 15) is 9.00 Å². The summed E-state index contributed by atoms with van der Waals surface area (Å²) in [6, 6.07) is 0.525. The molecule has 3 atom stereocenters. The van der Waals surface area contributed by atoms with Crippen molar-refractivity contribution in [2.45, 2.75) is 32.7 Å². The van der Waals surface area contributed by atoms with Crippen molar-refractivity contribution < 1.29 is 9.00 Å². The first-order valence-corrected chi connectivity index (χ1v) is 7.48. The molecule has 0 saturated carbocycles. The van der Waals surface area contributed by atoms with Gasteiger partial charge in [0.05, 0.1) is 5.92 Å². The molecule has 1 fully saturated rings. The van der Waals surface area contributed by atoms with Crippen LogP contribution in [-0.4, -0.2) is 40.8 Å². The van der Waals surface area contributed by atoms with E-state index in [1.165, 1.54) is 0 Å². The first-order valence-electron chi connectivity index (χ1n) is 5.99. The molecule has 0 aromatic carbocycles. The second kappa shape index (κ2) is 7.01. The van der Waals surface area contributed by atoms with Gasteiger partial charge in [-0.2, -0.15) is 0 Å². The van der Waals surface area contributed by atoms with Gasteiger partial charge in [0.15, 0.2) is 0 Å². The molecule has 1 saturated heterocycles. The molecular formula is C11H22N2O2S. The molecule has 3 unspecified atom stereocenters. The van der Waals surface area contributed by atoms with Crippen LogP contribution in [0.1, 0.15) is 26.7 Å². The molecule has 5 heteroatoms. The molecule has 0 aromatic heterocycles. The number of rotatable bonds is 5. The van der Waals surface area contributed by atoms with Gasteiger partial charge in [-0.3, -0.25) is 9.00 Å². The Kier molecular flexibility index (Phi) is 5.98. The van der Waals surface area contributed by atoms with Gasteiger partial charge in [0.2, 0.25) is 5.91 Å². The van der Waals surface area contributed by atoms with Crippen molar-refractivity contribution in [1.82, 2.24) is 10.6 Å². The first kappa shape index (κ1) is 13.6. The lowest BCUT2D eigenvalue weighted by Crippen LogP contribution is -2.44. The molecule has 0 radical (unpaired) electrons. The van der Waals surface area contributed by atoms with Gasteiger partial charge in [-0.25, -0.2) is 0 Å². The Bertz CT molecular complexity index is 250. The molecule has 0 bridgehead atoms. The average Bonchev–Trinajstić information content (AvgIpc) is 2.29. The molecule has 1 amide bonds. The van der Waals surface area contributed by atoms with Crippen molar-refractivity contribution in [3.63, 3.8) is 0 Å². The zero-order chi connectivity index (χ0) is 12.0. The lowest BCUT2D eigenvalue weighted by atomic mass is 9.95. The number of piperidine rings is 1. The van der Waals surface area contributed by atoms with Crippen LogP contribution < -0.4 is 10.6 Å². The van der Waals surface area contributed by atoms with Gasteiger partial charge >= 0.3 is 0 Å². The van der Waals surface area contributed by atoms with Gasteiger partial charge in [-0.1, -0.05) is 6.92 Å². The molecule has 4 nitrogen and oxygen atoms in total. The third-order valence-corrected chi connectivity index (χ3v) is 4.29. The summed E-state index contributed by atoms with van der Waals surface area (Å²) in [4.78, 5) is 11.7. The monoisotopic (exact) mass is 246 g/mol. The van der Waals surface area contributed by atoms with Gasteiger partial charge < -0.3 is 10.6 Å². The van der Waals surface area contributed by atoms with E-state index in [0.717, 1.165) is 19.4 Å². The normalized spacial score (nSPS) is 27.4. The molecule has 2 N–H and O–H groups in total. The summed E-state index contributed by atoms with van der Waals surface area (Å²) < 4.78 is 11.2. The molecule has 0 aromatic rings. The quantitative estimate of drug-likeness (QED) is 0.731. The Morgan fingerprint density at radius 1 is 1.50 bits per heavy atom. The Labute approximate surface area is 100 Å². The first-order chi connectivity index (χ1) is 7.63. The molecule has 1 aliphatic rings. The summed E-state index contributed by atoms with van der Waals surface area (Å²) in [5.41, 5.74) is 0. The highest BCUT2D eigenvalue weighted by atomic mass is 32.2. The van der Waals surface area contributed by atoms with E-state index in [1.807, 2.05) is 6.92 Å². The second-order valence-corrected chi connectivity index (χ2v) is 6.17. The van der Waals surface area contributed by atoms with E-state index in [2.05, 4.69) is 17.6 Å². The predicted molar refractivity (Wildman–Crippen MR) is 66.7 cm³/mol. The van der Waals surface area contributed by atoms with Crippen molar-refractivity contribution in [2.75, 3.05) is 24.6 Å². The number of hydrogen-bond donors (Lipinski definition) is 2. The van der Waals surface area contributed by atoms with Crippen LogP contribution >= 0.6 is 0 Å². The largest absolute Gasteiger partial charge is 0.355 e. The van der Waals surface area contributed by atoms with Crippen LogP contribution in [0.5, 0.6) is 0 Å². The Balaban J connectivity index is 2.17. The predicted octanol–water partition coefficient (Wildman–Crippen LogP) is 0.259. The molecule has 16 heavy (non-hydrogen) atoms. The van der Waals surface area contributed by atoms with Crippen LogP contribution in [0.15, 0.2) is 0 Å². The van der Waals surface area contributed by atoms with Crippen LogP contribution in [0, 0.1) is 5.92 Å². The fourth-order valence-corrected chi connectivity index (χ4v) is 2.42. The fraction of sp³-hybridized carbons (Fsp3) is 0.909. The van der Waals surface area contributed by atoms with Gasteiger partial charge in [-0.15, -0.1) is 0 Å². The number of hydrogen-bond acceptors (Lipinski definition) is 3. The van der Waals surface area contributed by atoms with Gasteiger partial charge in [0.25, 0.3) is 0 Å². The minimum absolute atomic E-state index is 0.0891. The zero-order valence-electron chi connectivity index (χ0n) is 10.1. The van der Waals surface area contributed by atoms with Crippen LogP contribution in [0.25, 0.3) is 0 Å². The molecule has 1 heterocycles. The minimum atomic E-state index is -0.784. The number of amides is 1. The van der Waals surface area contributed by atoms with E-state index in [0.29, 0.717) is 24.1 Å². The van der Waals surface area contributed by atoms with E-state index in [-0.39, 0.29) is 11.8 Å². The maximum atomic E-state index is 11.7. The van der Waals surface area contributed by atoms with Crippen molar-refractivity contribution in [2.24, 2.45) is 5.92 Å². The summed E-state index contributed by atoms with van der Waals surface area (Å²) in [6.07, 6.45) is 2.01. The SMILES string of the molecule is CCS(=O)CCNC(=O)C1CCC(C)NC1. The lowest BCUT2D eigenvalue weighted by molar-refractivity contribution is -0.125. The molecule has 1 rings (SSSR count). The number of carbonyl (C=O) groups is 1. The Morgan fingerprint density at radius 3 is 2.81 bits per heavy atom. The van der Waals surface area contributed by atoms with Crippen LogP contribution in [-0.2, 0) is 15.6 Å². The average molecular weight is 246 g/mol. The summed E-state index contributed by atoms with van der Waals surface area (Å²) in [6.45, 7) is 5.33. The second-order valence-electron chi connectivity index (χ2n) is 4.31. The topological polar surface area (TPSA) is 58.2 Å². The highest BCUT2D eigenvalue weighted by Crippen LogP contribution is 2.13. The van der Waals surface area contributed by atoms with Crippen molar-refractivity contribution >= 4 is 16.7 Å². The van der Waals surface area contributed by atoms with E-state index >= 15 is 0 Å². The third-order valence-electron chi connectivity index (χ3n) is 2.98. The van der Waals surface area contributed by atoms with Crippen LogP contribution in [0.2, 0.25) is 0 Å². The summed E-state index contributed by atoms with van der Waals surface area (Å²) in [5.74, 6) is 1.43. The minimum Gasteiger partial charge on any atom is -0.355 e. The van der Waals surface area contributed by atoms with E-state index in [1.54, 1.807) is 0 Å². The summed E-state index contributed by atoms with van der Waals surface area (Å²) in [5, 5.41) is 6.16. The smallest absolute Gasteiger partial charge is 0.224 e. The molecular weight excluding hydrogens is 224 g/mol. The zero-order valence-corrected chi connectivity index (χ0v) is 10.9. The Hall–Kier alpha value is -0.420. The van der Waals surface area contributed by atoms with Crippen molar-refractivity contribution in [3.05, 3.63) is 0 Å². The maximum absolute atomic E-state index is 11.7. The van der Waals surface area contributed by atoms with Crippen LogP contribution in [0.3, 0.4) is 0 Å². The van der Waals surface area contributed by atoms with Crippen molar-refractivity contribution in [3.8, 4) is 0 Å². The lowest BCUT2D eigenvalue weighted by Gasteiger charge is -2.26. The van der Waals surface area contributed by atoms with Crippen LogP contribution in [0.4, 0.5) is 0 Å². The summed E-state index contributed by atoms with van der Waals surface area (Å²) in [7, 11) is -0.784. The van der Waals surface area contributed by atoms with E-state index in [4.69, 9.17) is 0 Å². The van der Waals surface area contributed by atoms with Gasteiger partial charge in [-0.05, 0) is 19.8 Å². The van der Waals surface area contributed by atoms with Gasteiger partial charge in [0, 0.05) is 41.4 Å². The van der Waals surface area contributed by atoms with Gasteiger partial charge in [0.1, 0.15) is 0 Å². The molecule has 0 aliphatic carbocycles. The molecule has 94 valence electrons. The highest BCUT2D eigenvalue weighted by molar-refractivity contribution is 7.84. The number of carbonyl (C=O) groups excluding carboxylic acids is 1. The Morgan fingerprint density at radius 2 is 2.25 bits per heavy atom. The fourth-order valence-electron chi connectivity index (χ4n) is 1.80. The summed E-state index contributed by atoms with van der Waals surface area (Å²) >= 11 is 0. The van der Waals surface area contributed by atoms with Crippen molar-refractivity contribution in [1.29, 1.82) is 0 Å². The highest BCUT2D eigenvalue weighted by Gasteiger charge is 2.23. The van der Waals surface area contributed by atoms with E-state index < -0.39 is 10.8 Å². The maximum Gasteiger partial charge on any atom is 0.224 e. The molecule has 1 aliphatic heterocycles.